The molecule has 0 spiro atoms. The van der Waals surface area contributed by atoms with Crippen molar-refractivity contribution in [2.75, 3.05) is 19.8 Å². The fourth-order valence-electron chi connectivity index (χ4n) is 3.91. The first-order valence-corrected chi connectivity index (χ1v) is 12.0. The predicted molar refractivity (Wildman–Crippen MR) is 118 cm³/mol. The Kier molecular flexibility index (Phi) is 16.8. The Morgan fingerprint density at radius 3 is 1.72 bits per heavy atom. The van der Waals surface area contributed by atoms with E-state index in [1.807, 2.05) is 6.08 Å². The van der Waals surface area contributed by atoms with Crippen LogP contribution in [0.15, 0.2) is 12.7 Å². The molecule has 0 radical (unpaired) electrons. The van der Waals surface area contributed by atoms with E-state index in [0.717, 1.165) is 12.8 Å². The third kappa shape index (κ3) is 12.7. The normalized spacial score (nSPS) is 24.7. The molecule has 0 bridgehead atoms. The molecule has 29 heavy (non-hydrogen) atoms. The standard InChI is InChI=1S/C24H46O5/c1-2-3-4-5-6-7-8-9-10-11-12-13-14-15-16-17-18-28-22-20-29-21(19-25)23(26)24(22)27/h2,21-27H,1,3-20H2/t21-,22+,23-,24-/m1/s1. The molecule has 1 saturated heterocycles. The third-order valence-corrected chi connectivity index (χ3v) is 5.90. The monoisotopic (exact) mass is 414 g/mol. The molecule has 1 fully saturated rings. The second kappa shape index (κ2) is 18.3. The van der Waals surface area contributed by atoms with Gasteiger partial charge in [0.15, 0.2) is 0 Å². The molecule has 4 atom stereocenters. The van der Waals surface area contributed by atoms with Gasteiger partial charge in [-0.3, -0.25) is 0 Å². The SMILES string of the molecule is C=CCCCCCCCCCCCCCCCCO[C@H]1CO[C@H](CO)[C@@H](O)[C@@H]1O. The highest BCUT2D eigenvalue weighted by atomic mass is 16.6. The van der Waals surface area contributed by atoms with Gasteiger partial charge < -0.3 is 24.8 Å². The van der Waals surface area contributed by atoms with Crippen molar-refractivity contribution in [3.8, 4) is 0 Å². The number of allylic oxidation sites excluding steroid dienone is 1. The van der Waals surface area contributed by atoms with Crippen molar-refractivity contribution in [2.45, 2.75) is 121 Å². The van der Waals surface area contributed by atoms with Gasteiger partial charge in [0.25, 0.3) is 0 Å². The number of hydrogen-bond donors (Lipinski definition) is 3. The average molecular weight is 415 g/mol. The van der Waals surface area contributed by atoms with E-state index in [1.165, 1.54) is 83.5 Å². The number of hydrogen-bond acceptors (Lipinski definition) is 5. The lowest BCUT2D eigenvalue weighted by atomic mass is 10.0. The Hall–Kier alpha value is -0.460. The summed E-state index contributed by atoms with van der Waals surface area (Å²) >= 11 is 0. The van der Waals surface area contributed by atoms with Crippen LogP contribution in [0.5, 0.6) is 0 Å². The zero-order chi connectivity index (χ0) is 21.2. The van der Waals surface area contributed by atoms with Gasteiger partial charge in [-0.2, -0.15) is 0 Å². The summed E-state index contributed by atoms with van der Waals surface area (Å²) in [5.41, 5.74) is 0. The zero-order valence-electron chi connectivity index (χ0n) is 18.5. The molecule has 0 aliphatic carbocycles. The van der Waals surface area contributed by atoms with Crippen LogP contribution in [-0.4, -0.2) is 59.6 Å². The molecule has 0 aromatic heterocycles. The Morgan fingerprint density at radius 1 is 0.759 bits per heavy atom. The van der Waals surface area contributed by atoms with Crippen LogP contribution in [0, 0.1) is 0 Å². The first-order valence-electron chi connectivity index (χ1n) is 12.0. The van der Waals surface area contributed by atoms with E-state index in [4.69, 9.17) is 14.6 Å². The highest BCUT2D eigenvalue weighted by molar-refractivity contribution is 4.87. The molecule has 5 heteroatoms. The predicted octanol–water partition coefficient (Wildman–Crippen LogP) is 4.52. The largest absolute Gasteiger partial charge is 0.394 e. The summed E-state index contributed by atoms with van der Waals surface area (Å²) in [6, 6.07) is 0. The van der Waals surface area contributed by atoms with Crippen molar-refractivity contribution in [2.24, 2.45) is 0 Å². The van der Waals surface area contributed by atoms with Crippen molar-refractivity contribution >= 4 is 0 Å². The van der Waals surface area contributed by atoms with Crippen LogP contribution in [0.1, 0.15) is 96.3 Å². The maximum absolute atomic E-state index is 10.0. The Labute approximate surface area is 178 Å². The molecule has 5 nitrogen and oxygen atoms in total. The van der Waals surface area contributed by atoms with Crippen molar-refractivity contribution in [1.29, 1.82) is 0 Å². The lowest BCUT2D eigenvalue weighted by molar-refractivity contribution is -0.208. The van der Waals surface area contributed by atoms with E-state index in [-0.39, 0.29) is 13.2 Å². The van der Waals surface area contributed by atoms with Crippen LogP contribution in [0.2, 0.25) is 0 Å². The molecule has 0 unspecified atom stereocenters. The van der Waals surface area contributed by atoms with Crippen LogP contribution in [-0.2, 0) is 9.47 Å². The summed E-state index contributed by atoms with van der Waals surface area (Å²) in [5, 5.41) is 28.9. The van der Waals surface area contributed by atoms with E-state index >= 15 is 0 Å². The van der Waals surface area contributed by atoms with Crippen LogP contribution in [0.4, 0.5) is 0 Å². The zero-order valence-corrected chi connectivity index (χ0v) is 18.5. The van der Waals surface area contributed by atoms with Crippen LogP contribution in [0.3, 0.4) is 0 Å². The Bertz CT molecular complexity index is 376. The van der Waals surface area contributed by atoms with Crippen molar-refractivity contribution < 1.29 is 24.8 Å². The smallest absolute Gasteiger partial charge is 0.111 e. The van der Waals surface area contributed by atoms with Gasteiger partial charge >= 0.3 is 0 Å². The molecule has 3 N–H and O–H groups in total. The van der Waals surface area contributed by atoms with Crippen molar-refractivity contribution in [1.82, 2.24) is 0 Å². The van der Waals surface area contributed by atoms with E-state index in [1.54, 1.807) is 0 Å². The van der Waals surface area contributed by atoms with E-state index in [9.17, 15) is 10.2 Å². The molecule has 1 rings (SSSR count). The highest BCUT2D eigenvalue weighted by Gasteiger charge is 2.38. The van der Waals surface area contributed by atoms with Gasteiger partial charge in [-0.25, -0.2) is 0 Å². The minimum absolute atomic E-state index is 0.221. The summed E-state index contributed by atoms with van der Waals surface area (Å²) in [5.74, 6) is 0. The molecule has 1 heterocycles. The summed E-state index contributed by atoms with van der Waals surface area (Å²) in [7, 11) is 0. The number of rotatable bonds is 19. The molecule has 0 amide bonds. The van der Waals surface area contributed by atoms with Gasteiger partial charge in [0, 0.05) is 6.61 Å². The van der Waals surface area contributed by atoms with Crippen molar-refractivity contribution in [3.63, 3.8) is 0 Å². The first-order chi connectivity index (χ1) is 14.2. The van der Waals surface area contributed by atoms with Crippen LogP contribution in [0.25, 0.3) is 0 Å². The molecular weight excluding hydrogens is 368 g/mol. The minimum atomic E-state index is -1.08. The van der Waals surface area contributed by atoms with Gasteiger partial charge in [-0.15, -0.1) is 6.58 Å². The quantitative estimate of drug-likeness (QED) is 0.214. The Balaban J connectivity index is 1.80. The second-order valence-corrected chi connectivity index (χ2v) is 8.47. The topological polar surface area (TPSA) is 79.2 Å². The number of ether oxygens (including phenoxy) is 2. The highest BCUT2D eigenvalue weighted by Crippen LogP contribution is 2.18. The maximum Gasteiger partial charge on any atom is 0.111 e. The molecule has 0 saturated carbocycles. The molecular formula is C24H46O5. The Morgan fingerprint density at radius 2 is 1.24 bits per heavy atom. The molecule has 1 aliphatic heterocycles. The summed E-state index contributed by atoms with van der Waals surface area (Å²) < 4.78 is 11.0. The van der Waals surface area contributed by atoms with Gasteiger partial charge in [0.1, 0.15) is 24.4 Å². The number of aliphatic hydroxyl groups is 3. The minimum Gasteiger partial charge on any atom is -0.394 e. The van der Waals surface area contributed by atoms with E-state index in [2.05, 4.69) is 6.58 Å². The molecule has 1 aliphatic rings. The lowest BCUT2D eigenvalue weighted by Gasteiger charge is -2.36. The van der Waals surface area contributed by atoms with Gasteiger partial charge in [-0.05, 0) is 19.3 Å². The fraction of sp³-hybridized carbons (Fsp3) is 0.917. The van der Waals surface area contributed by atoms with E-state index < -0.39 is 24.4 Å². The first kappa shape index (κ1) is 26.6. The summed E-state index contributed by atoms with van der Waals surface area (Å²) in [6.45, 7) is 4.27. The summed E-state index contributed by atoms with van der Waals surface area (Å²) in [4.78, 5) is 0. The third-order valence-electron chi connectivity index (χ3n) is 5.90. The lowest BCUT2D eigenvalue weighted by Crippen LogP contribution is -2.55. The van der Waals surface area contributed by atoms with Crippen molar-refractivity contribution in [3.05, 3.63) is 12.7 Å². The summed E-state index contributed by atoms with van der Waals surface area (Å²) in [6.07, 6.45) is 18.2. The van der Waals surface area contributed by atoms with Crippen LogP contribution < -0.4 is 0 Å². The van der Waals surface area contributed by atoms with E-state index in [0.29, 0.717) is 6.61 Å². The molecule has 0 aromatic carbocycles. The van der Waals surface area contributed by atoms with Gasteiger partial charge in [0.2, 0.25) is 0 Å². The number of aliphatic hydroxyl groups excluding tert-OH is 3. The second-order valence-electron chi connectivity index (χ2n) is 8.47. The molecule has 0 aromatic rings. The van der Waals surface area contributed by atoms with Gasteiger partial charge in [-0.1, -0.05) is 83.1 Å². The average Bonchev–Trinajstić information content (AvgIpc) is 2.73. The van der Waals surface area contributed by atoms with Gasteiger partial charge in [0.05, 0.1) is 13.2 Å². The molecule has 172 valence electrons. The van der Waals surface area contributed by atoms with Crippen LogP contribution >= 0.6 is 0 Å². The number of unbranched alkanes of at least 4 members (excludes halogenated alkanes) is 14. The fourth-order valence-corrected chi connectivity index (χ4v) is 3.91. The maximum atomic E-state index is 10.0.